The van der Waals surface area contributed by atoms with Crippen LogP contribution in [0.2, 0.25) is 0 Å². The Hall–Kier alpha value is -3.24. The van der Waals surface area contributed by atoms with Crippen molar-refractivity contribution in [3.8, 4) is 0 Å². The number of nitrogens with two attached hydrogens (primary N) is 1. The summed E-state index contributed by atoms with van der Waals surface area (Å²) in [5, 5.41) is 8.23. The number of ether oxygens (including phenoxy) is 4. The highest BCUT2D eigenvalue weighted by atomic mass is 31.0. The lowest BCUT2D eigenvalue weighted by Gasteiger charge is -2.35. The summed E-state index contributed by atoms with van der Waals surface area (Å²) >= 11 is 0. The molecule has 270 valence electrons. The second-order valence-corrected chi connectivity index (χ2v) is 11.5. The highest BCUT2D eigenvalue weighted by Gasteiger charge is 2.41. The third-order valence-corrected chi connectivity index (χ3v) is 8.58. The van der Waals surface area contributed by atoms with Crippen molar-refractivity contribution in [2.24, 2.45) is 0 Å². The van der Waals surface area contributed by atoms with Gasteiger partial charge in [0.05, 0.1) is 26.4 Å². The van der Waals surface area contributed by atoms with Crippen LogP contribution in [0.4, 0.5) is 11.6 Å². The van der Waals surface area contributed by atoms with Crippen molar-refractivity contribution in [2.45, 2.75) is 96.7 Å². The molecule has 2 aromatic carbocycles. The molecule has 11 heteroatoms. The molecule has 49 heavy (non-hydrogen) atoms. The zero-order chi connectivity index (χ0) is 33.5. The third kappa shape index (κ3) is 11.9. The van der Waals surface area contributed by atoms with Crippen molar-refractivity contribution < 1.29 is 29.2 Å². The fourth-order valence-corrected chi connectivity index (χ4v) is 6.16. The summed E-state index contributed by atoms with van der Waals surface area (Å²) in [6.45, 7) is 10.9. The van der Waals surface area contributed by atoms with E-state index >= 15 is 0 Å². The number of rotatable bonds is 2. The Labute approximate surface area is 294 Å². The molecule has 4 fully saturated rings. The summed E-state index contributed by atoms with van der Waals surface area (Å²) < 4.78 is 22.5. The standard InChI is InChI=1S/C17H20N2O2.C9H8N2.C8H12O3.2C2H6.H2O.H2P/c1-2-4-14-12-18-16(11-13(14)3-1)19-15-5-7-17(8-6-15)20-9-10-21-17;10-9-5-7-3-1-2-4-8(7)6-11-9;9-7-1-3-8(4-2-7)10-5-6-11-8;2*1-2;;/h1-4,11-12,15H,5-10H2,(H,18,19);1-6H,(H2,10,11);1-6H2;2*1-2H3;2*1H2/q;;;;;;-1/p-1. The minimum Gasteiger partial charge on any atom is -0.870 e. The summed E-state index contributed by atoms with van der Waals surface area (Å²) in [6, 6.07) is 20.8. The van der Waals surface area contributed by atoms with Gasteiger partial charge in [0.25, 0.3) is 0 Å². The van der Waals surface area contributed by atoms with Crippen LogP contribution < -0.4 is 11.1 Å². The molecule has 4 aliphatic rings. The predicted octanol–water partition coefficient (Wildman–Crippen LogP) is 8.22. The number of hydrogen-bond acceptors (Lipinski definition) is 10. The Morgan fingerprint density at radius 2 is 1.10 bits per heavy atom. The number of hydrogen-bond donors (Lipinski definition) is 2. The number of ketones is 1. The Kier molecular flexibility index (Phi) is 18.0. The zero-order valence-corrected chi connectivity index (χ0v) is 30.7. The van der Waals surface area contributed by atoms with Gasteiger partial charge in [-0.1, -0.05) is 76.2 Å². The van der Waals surface area contributed by atoms with Crippen LogP contribution in [-0.2, 0) is 23.7 Å². The van der Waals surface area contributed by atoms with Gasteiger partial charge in [-0.3, -0.25) is 4.79 Å². The second-order valence-electron chi connectivity index (χ2n) is 11.5. The first-order valence-electron chi connectivity index (χ1n) is 17.3. The van der Waals surface area contributed by atoms with Crippen molar-refractivity contribution >= 4 is 48.9 Å². The van der Waals surface area contributed by atoms with Gasteiger partial charge in [0.2, 0.25) is 0 Å². The van der Waals surface area contributed by atoms with Crippen LogP contribution in [0.3, 0.4) is 0 Å². The maximum absolute atomic E-state index is 10.9. The first-order chi connectivity index (χ1) is 23.0. The van der Waals surface area contributed by atoms with Crippen LogP contribution in [0.1, 0.15) is 79.1 Å². The number of fused-ring (bicyclic) bond motifs is 2. The van der Waals surface area contributed by atoms with Gasteiger partial charge in [0, 0.05) is 67.7 Å². The van der Waals surface area contributed by atoms with E-state index in [-0.39, 0.29) is 26.9 Å². The largest absolute Gasteiger partial charge is 0.870 e. The second kappa shape index (κ2) is 21.1. The average Bonchev–Trinajstić information content (AvgIpc) is 3.80. The zero-order valence-electron chi connectivity index (χ0n) is 29.5. The van der Waals surface area contributed by atoms with Crippen molar-refractivity contribution in [3.05, 3.63) is 73.1 Å². The van der Waals surface area contributed by atoms with E-state index < -0.39 is 0 Å². The van der Waals surface area contributed by atoms with E-state index in [1.165, 1.54) is 10.8 Å². The number of benzene rings is 2. The molecule has 0 amide bonds. The molecule has 8 rings (SSSR count). The van der Waals surface area contributed by atoms with Gasteiger partial charge >= 0.3 is 0 Å². The van der Waals surface area contributed by atoms with Crippen molar-refractivity contribution in [2.75, 3.05) is 37.5 Å². The molecular formula is C38H55N4O6P-2. The minimum atomic E-state index is -0.367. The summed E-state index contributed by atoms with van der Waals surface area (Å²) in [5.41, 5.74) is 5.51. The predicted molar refractivity (Wildman–Crippen MR) is 201 cm³/mol. The van der Waals surface area contributed by atoms with Crippen LogP contribution in [-0.4, -0.2) is 65.3 Å². The Balaban J connectivity index is 0.000000255. The highest BCUT2D eigenvalue weighted by molar-refractivity contribution is 6.92. The number of nitrogen functional groups attached to an aromatic ring is 1. The molecule has 2 saturated heterocycles. The van der Waals surface area contributed by atoms with Crippen LogP contribution in [0.5, 0.6) is 0 Å². The summed E-state index contributed by atoms with van der Waals surface area (Å²) in [5.74, 6) is 1.23. The first kappa shape index (κ1) is 41.9. The van der Waals surface area contributed by atoms with Gasteiger partial charge in [-0.2, -0.15) is 0 Å². The van der Waals surface area contributed by atoms with Gasteiger partial charge in [-0.15, -0.1) is 0 Å². The molecule has 0 atom stereocenters. The molecular weight excluding hydrogens is 639 g/mol. The number of pyridine rings is 2. The molecule has 4 heterocycles. The number of aromatic nitrogens is 2. The van der Waals surface area contributed by atoms with Crippen LogP contribution in [0, 0.1) is 0 Å². The Bertz CT molecular complexity index is 1520. The number of Topliss-reactive ketones (excluding diaryl/α,β-unsaturated/α-hetero) is 1. The quantitative estimate of drug-likeness (QED) is 0.197. The number of nitrogens with one attached hydrogen (secondary N) is 1. The number of nitrogens with zero attached hydrogens (tertiary/aromatic N) is 2. The topological polar surface area (TPSA) is 148 Å². The Morgan fingerprint density at radius 1 is 0.673 bits per heavy atom. The number of carbonyl (C=O) groups excluding carboxylic acids is 1. The van der Waals surface area contributed by atoms with Crippen LogP contribution in [0.15, 0.2) is 73.1 Å². The summed E-state index contributed by atoms with van der Waals surface area (Å²) in [4.78, 5) is 19.4. The van der Waals surface area contributed by atoms with E-state index in [9.17, 15) is 4.79 Å². The summed E-state index contributed by atoms with van der Waals surface area (Å²) in [7, 11) is 0. The normalized spacial score (nSPS) is 18.6. The molecule has 0 radical (unpaired) electrons. The smallest absolute Gasteiger partial charge is 0.169 e. The van der Waals surface area contributed by atoms with Crippen molar-refractivity contribution in [1.29, 1.82) is 0 Å². The molecule has 2 aliphatic carbocycles. The molecule has 2 saturated carbocycles. The number of anilines is 2. The lowest BCUT2D eigenvalue weighted by molar-refractivity contribution is -0.179. The maximum atomic E-state index is 10.9. The van der Waals surface area contributed by atoms with E-state index in [1.807, 2.05) is 70.3 Å². The lowest BCUT2D eigenvalue weighted by atomic mass is 9.90. The molecule has 4 aromatic rings. The molecule has 0 unspecified atom stereocenters. The SMILES string of the molecule is CC.CC.Nc1cc2ccccc2cn1.O=C1CCC2(CC1)OCCO2.[OH-].[PH2-].c1ccc2cc(NC3CCC4(CC3)OCCO4)ncc2c1. The molecule has 2 spiro atoms. The monoisotopic (exact) mass is 694 g/mol. The summed E-state index contributed by atoms with van der Waals surface area (Å²) in [6.07, 6.45) is 10.5. The van der Waals surface area contributed by atoms with Crippen LogP contribution in [0.25, 0.3) is 21.5 Å². The van der Waals surface area contributed by atoms with E-state index in [0.29, 0.717) is 43.7 Å². The molecule has 4 N–H and O–H groups in total. The average molecular weight is 695 g/mol. The van der Waals surface area contributed by atoms with Crippen molar-refractivity contribution in [3.63, 3.8) is 0 Å². The molecule has 10 nitrogen and oxygen atoms in total. The minimum absolute atomic E-state index is 0. The molecule has 0 bridgehead atoms. The molecule has 2 aromatic heterocycles. The van der Waals surface area contributed by atoms with Gasteiger partial charge in [-0.25, -0.2) is 9.97 Å². The van der Waals surface area contributed by atoms with Gasteiger partial charge in [0.15, 0.2) is 11.6 Å². The van der Waals surface area contributed by atoms with Gasteiger partial charge in [-0.05, 0) is 35.7 Å². The number of carbonyl (C=O) groups is 1. The maximum Gasteiger partial charge on any atom is 0.169 e. The van der Waals surface area contributed by atoms with Crippen LogP contribution >= 0.6 is 9.90 Å². The highest BCUT2D eigenvalue weighted by Crippen LogP contribution is 2.37. The molecule has 2 aliphatic heterocycles. The fraction of sp³-hybridized carbons (Fsp3) is 0.500. The van der Waals surface area contributed by atoms with E-state index in [1.54, 1.807) is 6.20 Å². The first-order valence-corrected chi connectivity index (χ1v) is 17.3. The van der Waals surface area contributed by atoms with E-state index in [2.05, 4.69) is 39.6 Å². The Morgan fingerprint density at radius 3 is 1.61 bits per heavy atom. The van der Waals surface area contributed by atoms with Crippen molar-refractivity contribution in [1.82, 2.24) is 9.97 Å². The lowest BCUT2D eigenvalue weighted by Crippen LogP contribution is -2.39. The third-order valence-electron chi connectivity index (χ3n) is 8.58. The van der Waals surface area contributed by atoms with Gasteiger partial charge in [0.1, 0.15) is 17.4 Å². The van der Waals surface area contributed by atoms with Gasteiger partial charge < -0.3 is 45.4 Å². The van der Waals surface area contributed by atoms with E-state index in [0.717, 1.165) is 68.3 Å². The van der Waals surface area contributed by atoms with E-state index in [4.69, 9.17) is 24.7 Å². The fourth-order valence-electron chi connectivity index (χ4n) is 6.16.